The molecule has 0 saturated carbocycles. The second-order valence-corrected chi connectivity index (χ2v) is 11.8. The molecule has 0 aliphatic carbocycles. The van der Waals surface area contributed by atoms with E-state index in [4.69, 9.17) is 16.3 Å². The summed E-state index contributed by atoms with van der Waals surface area (Å²) in [5, 5.41) is 11.9. The van der Waals surface area contributed by atoms with Gasteiger partial charge in [0, 0.05) is 47.8 Å². The van der Waals surface area contributed by atoms with Gasteiger partial charge in [-0.25, -0.2) is 8.78 Å². The highest BCUT2D eigenvalue weighted by Crippen LogP contribution is 2.39. The van der Waals surface area contributed by atoms with E-state index in [1.165, 1.54) is 29.0 Å². The van der Waals surface area contributed by atoms with Gasteiger partial charge in [-0.3, -0.25) is 9.78 Å². The van der Waals surface area contributed by atoms with Crippen LogP contribution in [0.5, 0.6) is 5.75 Å². The fourth-order valence-corrected chi connectivity index (χ4v) is 7.12. The van der Waals surface area contributed by atoms with Crippen molar-refractivity contribution in [3.05, 3.63) is 52.2 Å². The molecule has 1 aliphatic heterocycles. The van der Waals surface area contributed by atoms with E-state index in [0.29, 0.717) is 35.2 Å². The van der Waals surface area contributed by atoms with Gasteiger partial charge < -0.3 is 14.7 Å². The molecule has 1 fully saturated rings. The number of alkyl halides is 1. The first kappa shape index (κ1) is 27.1. The predicted molar refractivity (Wildman–Crippen MR) is 142 cm³/mol. The van der Waals surface area contributed by atoms with E-state index in [9.17, 15) is 14.3 Å². The fraction of sp³-hybridized carbons (Fsp3) is 0.462. The number of hydrogen-bond acceptors (Lipinski definition) is 6. The number of carboxylic acids is 1. The Morgan fingerprint density at radius 1 is 1.39 bits per heavy atom. The van der Waals surface area contributed by atoms with Gasteiger partial charge in [-0.05, 0) is 61.9 Å². The summed E-state index contributed by atoms with van der Waals surface area (Å²) in [6, 6.07) is 6.86. The van der Waals surface area contributed by atoms with Crippen LogP contribution in [0.4, 0.5) is 8.78 Å². The summed E-state index contributed by atoms with van der Waals surface area (Å²) >= 11 is 9.38. The van der Waals surface area contributed by atoms with Crippen LogP contribution in [0.25, 0.3) is 10.9 Å². The van der Waals surface area contributed by atoms with Crippen LogP contribution in [-0.2, 0) is 4.79 Å². The van der Waals surface area contributed by atoms with Crippen molar-refractivity contribution in [2.75, 3.05) is 32.5 Å². The number of carbonyl (C=O) groups is 1. The summed E-state index contributed by atoms with van der Waals surface area (Å²) < 4.78 is 35.0. The lowest BCUT2D eigenvalue weighted by Crippen LogP contribution is -2.42. The van der Waals surface area contributed by atoms with Crippen molar-refractivity contribution in [1.82, 2.24) is 9.88 Å². The number of likely N-dealkylation sites (tertiary alicyclic amines) is 1. The number of thioether (sulfide) groups is 1. The molecule has 5 nitrogen and oxygen atoms in total. The van der Waals surface area contributed by atoms with Crippen LogP contribution in [0.1, 0.15) is 37.4 Å². The summed E-state index contributed by atoms with van der Waals surface area (Å²) in [7, 11) is 1.56. The first-order chi connectivity index (χ1) is 17.3. The third-order valence-electron chi connectivity index (χ3n) is 6.78. The maximum atomic E-state index is 15.6. The second kappa shape index (κ2) is 12.5. The van der Waals surface area contributed by atoms with E-state index >= 15 is 4.39 Å². The number of rotatable bonds is 11. The molecule has 10 heteroatoms. The number of pyridine rings is 1. The van der Waals surface area contributed by atoms with Crippen molar-refractivity contribution in [2.24, 2.45) is 11.8 Å². The molecule has 2 unspecified atom stereocenters. The van der Waals surface area contributed by atoms with E-state index < -0.39 is 12.1 Å². The molecule has 3 atom stereocenters. The van der Waals surface area contributed by atoms with Crippen LogP contribution in [-0.4, -0.2) is 53.5 Å². The smallest absolute Gasteiger partial charge is 0.303 e. The molecule has 0 radical (unpaired) electrons. The van der Waals surface area contributed by atoms with Gasteiger partial charge in [0.1, 0.15) is 17.7 Å². The van der Waals surface area contributed by atoms with Crippen LogP contribution >= 0.6 is 34.7 Å². The van der Waals surface area contributed by atoms with E-state index in [1.54, 1.807) is 37.1 Å². The topological polar surface area (TPSA) is 62.7 Å². The Kier molecular flexibility index (Phi) is 9.44. The Bertz CT molecular complexity index is 1200. The number of thiophene rings is 1. The van der Waals surface area contributed by atoms with Crippen molar-refractivity contribution >= 4 is 51.6 Å². The minimum Gasteiger partial charge on any atom is -0.497 e. The minimum absolute atomic E-state index is 0.0441. The number of ether oxygens (including phenoxy) is 1. The highest BCUT2D eigenvalue weighted by Gasteiger charge is 2.31. The van der Waals surface area contributed by atoms with Crippen molar-refractivity contribution in [1.29, 1.82) is 0 Å². The van der Waals surface area contributed by atoms with Gasteiger partial charge in [0.15, 0.2) is 0 Å². The largest absolute Gasteiger partial charge is 0.497 e. The van der Waals surface area contributed by atoms with Crippen LogP contribution in [0, 0.1) is 17.7 Å². The fourth-order valence-electron chi connectivity index (χ4n) is 4.96. The molecule has 3 aromatic rings. The normalized spacial score (nSPS) is 19.4. The number of fused-ring (bicyclic) bond motifs is 1. The van der Waals surface area contributed by atoms with Crippen molar-refractivity contribution in [3.8, 4) is 5.75 Å². The minimum atomic E-state index is -1.29. The molecular formula is C26H29ClF2N2O3S2. The van der Waals surface area contributed by atoms with Gasteiger partial charge in [0.25, 0.3) is 0 Å². The van der Waals surface area contributed by atoms with Crippen LogP contribution in [0.2, 0.25) is 5.02 Å². The number of hydrogen-bond donors (Lipinski definition) is 1. The molecule has 0 amide bonds. The Labute approximate surface area is 222 Å². The Balaban J connectivity index is 1.38. The second-order valence-electron chi connectivity index (χ2n) is 9.09. The zero-order valence-corrected chi connectivity index (χ0v) is 22.4. The lowest BCUT2D eigenvalue weighted by molar-refractivity contribution is -0.139. The number of carboxylic acid groups (broad SMARTS) is 1. The van der Waals surface area contributed by atoms with E-state index in [1.807, 2.05) is 0 Å². The van der Waals surface area contributed by atoms with Crippen molar-refractivity contribution in [3.63, 3.8) is 0 Å². The zero-order chi connectivity index (χ0) is 25.7. The molecule has 4 rings (SSSR count). The SMILES string of the molecule is COc1ccc2ncc(Cl)c([C@H](F)CCC3CCN(CCSc4cc(F)cs4)CC3CC(=O)O)c2c1. The third kappa shape index (κ3) is 6.88. The molecular weight excluding hydrogens is 526 g/mol. The molecule has 36 heavy (non-hydrogen) atoms. The van der Waals surface area contributed by atoms with Gasteiger partial charge in [-0.15, -0.1) is 23.1 Å². The molecule has 194 valence electrons. The first-order valence-electron chi connectivity index (χ1n) is 11.9. The summed E-state index contributed by atoms with van der Waals surface area (Å²) in [5.74, 6) is 0.455. The Hall–Kier alpha value is -1.94. The van der Waals surface area contributed by atoms with E-state index in [-0.39, 0.29) is 35.5 Å². The van der Waals surface area contributed by atoms with E-state index in [0.717, 1.165) is 29.5 Å². The first-order valence-corrected chi connectivity index (χ1v) is 14.2. The summed E-state index contributed by atoms with van der Waals surface area (Å²) in [6.45, 7) is 2.32. The maximum Gasteiger partial charge on any atom is 0.303 e. The lowest BCUT2D eigenvalue weighted by atomic mass is 9.79. The molecule has 1 N–H and O–H groups in total. The summed E-state index contributed by atoms with van der Waals surface area (Å²) in [4.78, 5) is 18.1. The van der Waals surface area contributed by atoms with Gasteiger partial charge in [-0.1, -0.05) is 11.6 Å². The number of aliphatic carboxylic acids is 1. The number of aromatic nitrogens is 1. The number of piperidine rings is 1. The molecule has 0 spiro atoms. The van der Waals surface area contributed by atoms with Crippen LogP contribution in [0.15, 0.2) is 40.1 Å². The molecule has 0 bridgehead atoms. The maximum absolute atomic E-state index is 15.6. The Morgan fingerprint density at radius 2 is 2.22 bits per heavy atom. The molecule has 3 heterocycles. The summed E-state index contributed by atoms with van der Waals surface area (Å²) in [6.07, 6.45) is 1.92. The van der Waals surface area contributed by atoms with Crippen molar-refractivity contribution < 1.29 is 23.4 Å². The van der Waals surface area contributed by atoms with Gasteiger partial charge in [-0.2, -0.15) is 0 Å². The molecule has 2 aromatic heterocycles. The predicted octanol–water partition coefficient (Wildman–Crippen LogP) is 7.09. The van der Waals surface area contributed by atoms with E-state index in [2.05, 4.69) is 9.88 Å². The monoisotopic (exact) mass is 554 g/mol. The number of nitrogens with zero attached hydrogens (tertiary/aromatic N) is 2. The average molecular weight is 555 g/mol. The van der Waals surface area contributed by atoms with Gasteiger partial charge in [0.2, 0.25) is 0 Å². The van der Waals surface area contributed by atoms with Crippen molar-refractivity contribution in [2.45, 2.75) is 36.1 Å². The molecule has 1 saturated heterocycles. The number of benzene rings is 1. The van der Waals surface area contributed by atoms with Gasteiger partial charge >= 0.3 is 5.97 Å². The summed E-state index contributed by atoms with van der Waals surface area (Å²) in [5.41, 5.74) is 1.06. The molecule has 1 aromatic carbocycles. The highest BCUT2D eigenvalue weighted by molar-refractivity contribution is 8.01. The third-order valence-corrected chi connectivity index (χ3v) is 9.21. The zero-order valence-electron chi connectivity index (χ0n) is 20.0. The van der Waals surface area contributed by atoms with Gasteiger partial charge in [0.05, 0.1) is 21.9 Å². The Morgan fingerprint density at radius 3 is 2.94 bits per heavy atom. The molecule has 1 aliphatic rings. The van der Waals surface area contributed by atoms with Crippen LogP contribution in [0.3, 0.4) is 0 Å². The quantitative estimate of drug-likeness (QED) is 0.255. The lowest BCUT2D eigenvalue weighted by Gasteiger charge is -2.38. The number of halogens is 3. The number of methoxy groups -OCH3 is 1. The standard InChI is InChI=1S/C26H29ClF2N2O3S2/c1-34-19-3-5-23-20(12-19)26(21(27)13-30-23)22(29)4-2-16-6-7-31(14-17(16)10-24(32)33)8-9-35-25-11-18(28)15-36-25/h3,5,11-13,15-17,22H,2,4,6-10,14H2,1H3,(H,32,33)/t16?,17?,22-/m1/s1. The highest BCUT2D eigenvalue weighted by atomic mass is 35.5. The van der Waals surface area contributed by atoms with Crippen LogP contribution < -0.4 is 4.74 Å². The average Bonchev–Trinajstić information content (AvgIpc) is 3.27.